The maximum Gasteiger partial charge on any atom is 0.328 e. The first kappa shape index (κ1) is 13.3. The van der Waals surface area contributed by atoms with Crippen LogP contribution in [-0.2, 0) is 4.79 Å². The van der Waals surface area contributed by atoms with Crippen molar-refractivity contribution < 1.29 is 14.6 Å². The Morgan fingerprint density at radius 3 is 2.71 bits per heavy atom. The van der Waals surface area contributed by atoms with E-state index in [9.17, 15) is 4.79 Å². The lowest BCUT2D eigenvalue weighted by atomic mass is 10.1. The maximum atomic E-state index is 10.3. The van der Waals surface area contributed by atoms with Gasteiger partial charge >= 0.3 is 5.97 Å². The fourth-order valence-electron chi connectivity index (χ4n) is 1.30. The number of benzene rings is 1. The van der Waals surface area contributed by atoms with Crippen molar-refractivity contribution in [2.45, 2.75) is 6.92 Å². The minimum absolute atomic E-state index is 0.528. The molecule has 90 valence electrons. The summed E-state index contributed by atoms with van der Waals surface area (Å²) in [5, 5.41) is 8.95. The molecule has 0 heterocycles. The third-order valence-corrected chi connectivity index (χ3v) is 2.46. The van der Waals surface area contributed by atoms with Crippen LogP contribution in [0.4, 0.5) is 0 Å². The summed E-state index contributed by atoms with van der Waals surface area (Å²) in [5.74, 6) is -0.346. The van der Waals surface area contributed by atoms with Gasteiger partial charge in [-0.3, -0.25) is 0 Å². The van der Waals surface area contributed by atoms with E-state index in [0.29, 0.717) is 10.8 Å². The minimum atomic E-state index is -0.973. The van der Waals surface area contributed by atoms with Crippen molar-refractivity contribution in [1.29, 1.82) is 0 Å². The number of carbonyl (C=O) groups is 1. The molecule has 0 aliphatic heterocycles. The zero-order valence-electron chi connectivity index (χ0n) is 9.61. The van der Waals surface area contributed by atoms with Crippen LogP contribution in [0.15, 0.2) is 30.4 Å². The largest absolute Gasteiger partial charge is 0.495 e. The molecule has 1 aromatic rings. The summed E-state index contributed by atoms with van der Waals surface area (Å²) >= 11 is 5.99. The average Bonchev–Trinajstić information content (AvgIpc) is 2.28. The number of carboxylic acid groups (broad SMARTS) is 1. The summed E-state index contributed by atoms with van der Waals surface area (Å²) in [6, 6.07) is 3.61. The predicted octanol–water partition coefficient (Wildman–Crippen LogP) is 3.31. The number of allylic oxidation sites excluding steroid dienone is 2. The highest BCUT2D eigenvalue weighted by atomic mass is 35.5. The van der Waals surface area contributed by atoms with E-state index >= 15 is 0 Å². The molecule has 0 saturated heterocycles. The van der Waals surface area contributed by atoms with E-state index in [1.54, 1.807) is 25.3 Å². The quantitative estimate of drug-likeness (QED) is 0.661. The Kier molecular flexibility index (Phi) is 4.79. The second kappa shape index (κ2) is 6.11. The number of hydrogen-bond acceptors (Lipinski definition) is 2. The molecule has 0 atom stereocenters. The zero-order valence-corrected chi connectivity index (χ0v) is 10.4. The van der Waals surface area contributed by atoms with Gasteiger partial charge in [0, 0.05) is 6.08 Å². The van der Waals surface area contributed by atoms with Crippen LogP contribution in [0.3, 0.4) is 0 Å². The van der Waals surface area contributed by atoms with Crippen molar-refractivity contribution in [2.75, 3.05) is 7.11 Å². The van der Waals surface area contributed by atoms with Crippen molar-refractivity contribution in [2.24, 2.45) is 0 Å². The van der Waals surface area contributed by atoms with Crippen molar-refractivity contribution in [3.8, 4) is 5.75 Å². The third kappa shape index (κ3) is 3.96. The molecule has 0 unspecified atom stereocenters. The van der Waals surface area contributed by atoms with Crippen molar-refractivity contribution in [1.82, 2.24) is 0 Å². The van der Waals surface area contributed by atoms with Gasteiger partial charge in [-0.1, -0.05) is 29.8 Å². The molecule has 0 fully saturated rings. The Labute approximate surface area is 105 Å². The number of aliphatic carboxylic acids is 1. The van der Waals surface area contributed by atoms with Gasteiger partial charge in [-0.05, 0) is 30.2 Å². The molecule has 1 rings (SSSR count). The summed E-state index contributed by atoms with van der Waals surface area (Å²) in [6.45, 7) is 1.93. The SMILES string of the molecule is COc1cc(C)c(/C=C/C=C/C(=O)O)cc1Cl. The first-order valence-electron chi connectivity index (χ1n) is 4.96. The van der Waals surface area contributed by atoms with Crippen LogP contribution in [0, 0.1) is 6.92 Å². The van der Waals surface area contributed by atoms with E-state index in [1.165, 1.54) is 6.08 Å². The first-order valence-corrected chi connectivity index (χ1v) is 5.34. The number of hydrogen-bond donors (Lipinski definition) is 1. The van der Waals surface area contributed by atoms with E-state index in [1.807, 2.05) is 13.0 Å². The first-order chi connectivity index (χ1) is 8.04. The summed E-state index contributed by atoms with van der Waals surface area (Å²) in [7, 11) is 1.56. The molecule has 0 saturated carbocycles. The van der Waals surface area contributed by atoms with Crippen LogP contribution in [-0.4, -0.2) is 18.2 Å². The lowest BCUT2D eigenvalue weighted by molar-refractivity contribution is -0.131. The van der Waals surface area contributed by atoms with E-state index in [4.69, 9.17) is 21.4 Å². The molecule has 17 heavy (non-hydrogen) atoms. The van der Waals surface area contributed by atoms with Gasteiger partial charge in [-0.2, -0.15) is 0 Å². The molecule has 4 heteroatoms. The number of rotatable bonds is 4. The molecule has 0 spiro atoms. The Balaban J connectivity index is 2.92. The monoisotopic (exact) mass is 252 g/mol. The second-order valence-corrected chi connectivity index (χ2v) is 3.81. The number of aryl methyl sites for hydroxylation is 1. The maximum absolute atomic E-state index is 10.3. The van der Waals surface area contributed by atoms with Gasteiger partial charge in [0.05, 0.1) is 12.1 Å². The second-order valence-electron chi connectivity index (χ2n) is 3.40. The lowest BCUT2D eigenvalue weighted by Gasteiger charge is -2.06. The molecular weight excluding hydrogens is 240 g/mol. The Morgan fingerprint density at radius 2 is 2.12 bits per heavy atom. The molecule has 0 bridgehead atoms. The molecule has 3 nitrogen and oxygen atoms in total. The van der Waals surface area contributed by atoms with Gasteiger partial charge in [-0.25, -0.2) is 4.79 Å². The molecule has 0 aliphatic carbocycles. The molecule has 0 aliphatic rings. The summed E-state index contributed by atoms with van der Waals surface area (Å²) < 4.78 is 5.09. The molecule has 0 amide bonds. The summed E-state index contributed by atoms with van der Waals surface area (Å²) in [4.78, 5) is 10.3. The van der Waals surface area contributed by atoms with Gasteiger partial charge in [0.2, 0.25) is 0 Å². The van der Waals surface area contributed by atoms with Crippen molar-refractivity contribution >= 4 is 23.6 Å². The van der Waals surface area contributed by atoms with Crippen LogP contribution in [0.2, 0.25) is 5.02 Å². The van der Waals surface area contributed by atoms with E-state index < -0.39 is 5.97 Å². The van der Waals surface area contributed by atoms with E-state index in [0.717, 1.165) is 17.2 Å². The van der Waals surface area contributed by atoms with Crippen LogP contribution in [0.5, 0.6) is 5.75 Å². The molecule has 1 aromatic carbocycles. The highest BCUT2D eigenvalue weighted by molar-refractivity contribution is 6.32. The van der Waals surface area contributed by atoms with Gasteiger partial charge in [-0.15, -0.1) is 0 Å². The Hall–Kier alpha value is -1.74. The van der Waals surface area contributed by atoms with E-state index in [2.05, 4.69) is 0 Å². The number of ether oxygens (including phenoxy) is 1. The van der Waals surface area contributed by atoms with Crippen LogP contribution in [0.1, 0.15) is 11.1 Å². The van der Waals surface area contributed by atoms with Gasteiger partial charge in [0.1, 0.15) is 5.75 Å². The predicted molar refractivity (Wildman–Crippen MR) is 68.6 cm³/mol. The topological polar surface area (TPSA) is 46.5 Å². The van der Waals surface area contributed by atoms with Gasteiger partial charge in [0.15, 0.2) is 0 Å². The van der Waals surface area contributed by atoms with Gasteiger partial charge < -0.3 is 9.84 Å². The number of carboxylic acids is 1. The Bertz CT molecular complexity index is 476. The Morgan fingerprint density at radius 1 is 1.41 bits per heavy atom. The van der Waals surface area contributed by atoms with Crippen LogP contribution >= 0.6 is 11.6 Å². The van der Waals surface area contributed by atoms with Gasteiger partial charge in [0.25, 0.3) is 0 Å². The van der Waals surface area contributed by atoms with Crippen LogP contribution in [0.25, 0.3) is 6.08 Å². The van der Waals surface area contributed by atoms with E-state index in [-0.39, 0.29) is 0 Å². The standard InChI is InChI=1S/C13H13ClO3/c1-9-7-12(17-2)11(14)8-10(9)5-3-4-6-13(15)16/h3-8H,1-2H3,(H,15,16)/b5-3+,6-4+. The van der Waals surface area contributed by atoms with Crippen LogP contribution < -0.4 is 4.74 Å². The highest BCUT2D eigenvalue weighted by Gasteiger charge is 2.03. The molecule has 0 aromatic heterocycles. The summed E-state index contributed by atoms with van der Waals surface area (Å²) in [6.07, 6.45) is 5.97. The van der Waals surface area contributed by atoms with Crippen molar-refractivity contribution in [3.05, 3.63) is 46.5 Å². The normalized spacial score (nSPS) is 11.2. The summed E-state index contributed by atoms with van der Waals surface area (Å²) in [5.41, 5.74) is 1.93. The fraction of sp³-hybridized carbons (Fsp3) is 0.154. The third-order valence-electron chi connectivity index (χ3n) is 2.17. The molecular formula is C13H13ClO3. The minimum Gasteiger partial charge on any atom is -0.495 e. The lowest BCUT2D eigenvalue weighted by Crippen LogP contribution is -1.88. The van der Waals surface area contributed by atoms with Crippen molar-refractivity contribution in [3.63, 3.8) is 0 Å². The zero-order chi connectivity index (χ0) is 12.8. The number of methoxy groups -OCH3 is 1. The number of halogens is 1. The smallest absolute Gasteiger partial charge is 0.328 e. The highest BCUT2D eigenvalue weighted by Crippen LogP contribution is 2.28. The average molecular weight is 253 g/mol. The molecule has 1 N–H and O–H groups in total. The fourth-order valence-corrected chi connectivity index (χ4v) is 1.55. The molecule has 0 radical (unpaired) electrons.